The van der Waals surface area contributed by atoms with Gasteiger partial charge in [0.15, 0.2) is 0 Å². The molecule has 0 radical (unpaired) electrons. The minimum atomic E-state index is 0.717. The lowest BCUT2D eigenvalue weighted by molar-refractivity contribution is 0.763. The van der Waals surface area contributed by atoms with Gasteiger partial charge in [0.05, 0.1) is 0 Å². The zero-order valence-corrected chi connectivity index (χ0v) is 8.96. The van der Waals surface area contributed by atoms with Crippen LogP contribution in [0.15, 0.2) is 24.3 Å². The molecule has 1 unspecified atom stereocenters. The van der Waals surface area contributed by atoms with Crippen LogP contribution >= 0.6 is 0 Å². The second-order valence-corrected chi connectivity index (χ2v) is 4.18. The monoisotopic (exact) mass is 190 g/mol. The first-order valence-corrected chi connectivity index (χ1v) is 5.25. The summed E-state index contributed by atoms with van der Waals surface area (Å²) in [5.74, 6) is 0.717. The molecule has 1 aromatic rings. The summed E-state index contributed by atoms with van der Waals surface area (Å²) in [7, 11) is 4.18. The lowest BCUT2D eigenvalue weighted by Crippen LogP contribution is -2.10. The Labute approximate surface area is 85.9 Å². The number of rotatable bonds is 2. The largest absolute Gasteiger partial charge is 0.378 e. The molecule has 14 heavy (non-hydrogen) atoms. The molecular weight excluding hydrogens is 172 g/mol. The third-order valence-electron chi connectivity index (χ3n) is 2.92. The van der Waals surface area contributed by atoms with Crippen molar-refractivity contribution in [2.75, 3.05) is 32.1 Å². The fraction of sp³-hybridized carbons (Fsp3) is 0.500. The van der Waals surface area contributed by atoms with Crippen molar-refractivity contribution in [3.05, 3.63) is 29.8 Å². The number of benzene rings is 1. The van der Waals surface area contributed by atoms with Crippen molar-refractivity contribution in [2.24, 2.45) is 0 Å². The molecule has 0 aliphatic carbocycles. The van der Waals surface area contributed by atoms with Crippen LogP contribution in [0.3, 0.4) is 0 Å². The topological polar surface area (TPSA) is 15.3 Å². The highest BCUT2D eigenvalue weighted by Crippen LogP contribution is 2.25. The van der Waals surface area contributed by atoms with Crippen LogP contribution in [-0.4, -0.2) is 27.2 Å². The van der Waals surface area contributed by atoms with Gasteiger partial charge in [-0.05, 0) is 36.6 Å². The average Bonchev–Trinajstić information content (AvgIpc) is 2.71. The molecule has 2 heteroatoms. The molecular formula is C12H18N2. The van der Waals surface area contributed by atoms with Crippen molar-refractivity contribution in [1.29, 1.82) is 0 Å². The van der Waals surface area contributed by atoms with Gasteiger partial charge >= 0.3 is 0 Å². The Balaban J connectivity index is 2.21. The van der Waals surface area contributed by atoms with E-state index >= 15 is 0 Å². The van der Waals surface area contributed by atoms with E-state index in [9.17, 15) is 0 Å². The highest BCUT2D eigenvalue weighted by Gasteiger charge is 2.16. The number of nitrogens with one attached hydrogen (secondary N) is 1. The van der Waals surface area contributed by atoms with Crippen molar-refractivity contribution in [1.82, 2.24) is 5.32 Å². The first-order valence-electron chi connectivity index (χ1n) is 5.25. The standard InChI is InChI=1S/C12H18N2/c1-14(2)12-5-3-4-10(8-12)11-6-7-13-9-11/h3-5,8,11,13H,6-7,9H2,1-2H3. The first-order chi connectivity index (χ1) is 6.77. The van der Waals surface area contributed by atoms with Gasteiger partial charge in [-0.2, -0.15) is 0 Å². The molecule has 0 saturated carbocycles. The van der Waals surface area contributed by atoms with Crippen molar-refractivity contribution < 1.29 is 0 Å². The molecule has 1 aromatic carbocycles. The number of hydrogen-bond donors (Lipinski definition) is 1. The maximum atomic E-state index is 3.41. The minimum Gasteiger partial charge on any atom is -0.378 e. The van der Waals surface area contributed by atoms with Gasteiger partial charge in [-0.25, -0.2) is 0 Å². The Morgan fingerprint density at radius 1 is 1.36 bits per heavy atom. The lowest BCUT2D eigenvalue weighted by Gasteiger charge is -2.15. The highest BCUT2D eigenvalue weighted by atomic mass is 15.1. The van der Waals surface area contributed by atoms with Gasteiger partial charge in [0.25, 0.3) is 0 Å². The maximum Gasteiger partial charge on any atom is 0.0363 e. The minimum absolute atomic E-state index is 0.717. The molecule has 76 valence electrons. The molecule has 1 heterocycles. The van der Waals surface area contributed by atoms with Crippen LogP contribution in [0.5, 0.6) is 0 Å². The first kappa shape index (κ1) is 9.53. The van der Waals surface area contributed by atoms with Gasteiger partial charge in [0, 0.05) is 26.3 Å². The van der Waals surface area contributed by atoms with Gasteiger partial charge in [0.2, 0.25) is 0 Å². The Morgan fingerprint density at radius 2 is 2.21 bits per heavy atom. The molecule has 0 bridgehead atoms. The zero-order chi connectivity index (χ0) is 9.97. The second-order valence-electron chi connectivity index (χ2n) is 4.18. The van der Waals surface area contributed by atoms with Gasteiger partial charge in [-0.15, -0.1) is 0 Å². The molecule has 1 atom stereocenters. The number of nitrogens with zero attached hydrogens (tertiary/aromatic N) is 1. The molecule has 2 rings (SSSR count). The number of hydrogen-bond acceptors (Lipinski definition) is 2. The van der Waals surface area contributed by atoms with E-state index in [-0.39, 0.29) is 0 Å². The lowest BCUT2D eigenvalue weighted by atomic mass is 9.98. The van der Waals surface area contributed by atoms with Crippen LogP contribution in [-0.2, 0) is 0 Å². The van der Waals surface area contributed by atoms with Crippen molar-refractivity contribution in [2.45, 2.75) is 12.3 Å². The molecule has 1 N–H and O–H groups in total. The summed E-state index contributed by atoms with van der Waals surface area (Å²) in [4.78, 5) is 2.16. The zero-order valence-electron chi connectivity index (χ0n) is 8.96. The second kappa shape index (κ2) is 4.01. The summed E-state index contributed by atoms with van der Waals surface area (Å²) in [6.07, 6.45) is 1.27. The Kier molecular flexibility index (Phi) is 2.73. The Morgan fingerprint density at radius 3 is 2.86 bits per heavy atom. The fourth-order valence-electron chi connectivity index (χ4n) is 2.00. The van der Waals surface area contributed by atoms with Crippen LogP contribution in [0.25, 0.3) is 0 Å². The van der Waals surface area contributed by atoms with Crippen molar-refractivity contribution in [3.63, 3.8) is 0 Å². The maximum absolute atomic E-state index is 3.41. The van der Waals surface area contributed by atoms with E-state index in [0.717, 1.165) is 19.0 Å². The summed E-state index contributed by atoms with van der Waals surface area (Å²) in [6.45, 7) is 2.30. The molecule has 0 spiro atoms. The Bertz CT molecular complexity index is 301. The van der Waals surface area contributed by atoms with Crippen LogP contribution in [0.1, 0.15) is 17.9 Å². The van der Waals surface area contributed by atoms with E-state index < -0.39 is 0 Å². The molecule has 2 nitrogen and oxygen atoms in total. The van der Waals surface area contributed by atoms with Gasteiger partial charge in [-0.1, -0.05) is 12.1 Å². The summed E-state index contributed by atoms with van der Waals surface area (Å²) >= 11 is 0. The van der Waals surface area contributed by atoms with Crippen LogP contribution in [0, 0.1) is 0 Å². The smallest absolute Gasteiger partial charge is 0.0363 e. The van der Waals surface area contributed by atoms with E-state index in [4.69, 9.17) is 0 Å². The molecule has 0 aromatic heterocycles. The Hall–Kier alpha value is -1.02. The summed E-state index contributed by atoms with van der Waals surface area (Å²) < 4.78 is 0. The van der Waals surface area contributed by atoms with E-state index in [2.05, 4.69) is 48.6 Å². The van der Waals surface area contributed by atoms with Crippen LogP contribution in [0.2, 0.25) is 0 Å². The molecule has 1 aliphatic rings. The predicted molar refractivity (Wildman–Crippen MR) is 61.0 cm³/mol. The van der Waals surface area contributed by atoms with Crippen molar-refractivity contribution in [3.8, 4) is 0 Å². The van der Waals surface area contributed by atoms with E-state index in [1.807, 2.05) is 0 Å². The normalized spacial score (nSPS) is 21.1. The highest BCUT2D eigenvalue weighted by molar-refractivity contribution is 5.48. The van der Waals surface area contributed by atoms with Gasteiger partial charge in [-0.3, -0.25) is 0 Å². The quantitative estimate of drug-likeness (QED) is 0.765. The summed E-state index contributed by atoms with van der Waals surface area (Å²) in [5.41, 5.74) is 2.77. The third-order valence-corrected chi connectivity index (χ3v) is 2.92. The van der Waals surface area contributed by atoms with E-state index in [1.165, 1.54) is 17.7 Å². The van der Waals surface area contributed by atoms with Crippen LogP contribution < -0.4 is 10.2 Å². The number of anilines is 1. The molecule has 1 fully saturated rings. The molecule has 1 saturated heterocycles. The van der Waals surface area contributed by atoms with E-state index in [0.29, 0.717) is 0 Å². The SMILES string of the molecule is CN(C)c1cccc(C2CCNC2)c1. The molecule has 0 amide bonds. The van der Waals surface area contributed by atoms with Gasteiger partial charge in [0.1, 0.15) is 0 Å². The fourth-order valence-corrected chi connectivity index (χ4v) is 2.00. The van der Waals surface area contributed by atoms with E-state index in [1.54, 1.807) is 0 Å². The van der Waals surface area contributed by atoms with Gasteiger partial charge < -0.3 is 10.2 Å². The summed E-state index contributed by atoms with van der Waals surface area (Å²) in [6, 6.07) is 8.86. The summed E-state index contributed by atoms with van der Waals surface area (Å²) in [5, 5.41) is 3.41. The predicted octanol–water partition coefficient (Wildman–Crippen LogP) is 1.83. The average molecular weight is 190 g/mol. The molecule has 1 aliphatic heterocycles. The third kappa shape index (κ3) is 1.90. The van der Waals surface area contributed by atoms with Crippen molar-refractivity contribution >= 4 is 5.69 Å². The van der Waals surface area contributed by atoms with Crippen LogP contribution in [0.4, 0.5) is 5.69 Å².